The molecule has 134 valence electrons. The number of rotatable bonds is 5. The van der Waals surface area contributed by atoms with Crippen molar-refractivity contribution in [1.29, 1.82) is 0 Å². The number of carbonyl (C=O) groups is 1. The summed E-state index contributed by atoms with van der Waals surface area (Å²) in [6, 6.07) is 6.75. The summed E-state index contributed by atoms with van der Waals surface area (Å²) in [5, 5.41) is 3.92. The highest BCUT2D eigenvalue weighted by Gasteiger charge is 2.22. The molecule has 1 atom stereocenters. The maximum atomic E-state index is 12.5. The number of imidazole rings is 1. The topological polar surface area (TPSA) is 46.9 Å². The lowest BCUT2D eigenvalue weighted by molar-refractivity contribution is -0.121. The summed E-state index contributed by atoms with van der Waals surface area (Å²) in [6.07, 6.45) is 9.74. The van der Waals surface area contributed by atoms with Crippen LogP contribution in [0.2, 0.25) is 0 Å². The molecule has 1 amide bonds. The van der Waals surface area contributed by atoms with Gasteiger partial charge < -0.3 is 5.32 Å². The molecule has 1 fully saturated rings. The second kappa shape index (κ2) is 8.09. The third kappa shape index (κ3) is 4.46. The highest BCUT2D eigenvalue weighted by molar-refractivity contribution is 8.00. The van der Waals surface area contributed by atoms with Crippen LogP contribution in [0.15, 0.2) is 35.7 Å². The van der Waals surface area contributed by atoms with Crippen LogP contribution in [0.5, 0.6) is 0 Å². The van der Waals surface area contributed by atoms with E-state index in [9.17, 15) is 4.79 Å². The van der Waals surface area contributed by atoms with Gasteiger partial charge in [0.05, 0.1) is 10.9 Å². The zero-order valence-electron chi connectivity index (χ0n) is 15.3. The molecular weight excluding hydrogens is 330 g/mol. The van der Waals surface area contributed by atoms with Gasteiger partial charge in [-0.15, -0.1) is 0 Å². The van der Waals surface area contributed by atoms with Crippen LogP contribution in [0, 0.1) is 13.8 Å². The summed E-state index contributed by atoms with van der Waals surface area (Å²) in [5.41, 5.74) is 3.54. The van der Waals surface area contributed by atoms with Crippen molar-refractivity contribution in [2.45, 2.75) is 69.3 Å². The number of aromatic nitrogens is 2. The third-order valence-electron chi connectivity index (χ3n) is 4.83. The van der Waals surface area contributed by atoms with Crippen LogP contribution in [-0.4, -0.2) is 26.8 Å². The quantitative estimate of drug-likeness (QED) is 0.806. The van der Waals surface area contributed by atoms with Gasteiger partial charge >= 0.3 is 0 Å². The summed E-state index contributed by atoms with van der Waals surface area (Å²) in [6.45, 7) is 6.15. The van der Waals surface area contributed by atoms with E-state index >= 15 is 0 Å². The maximum Gasteiger partial charge on any atom is 0.233 e. The van der Waals surface area contributed by atoms with Gasteiger partial charge in [0, 0.05) is 18.4 Å². The van der Waals surface area contributed by atoms with Crippen LogP contribution >= 0.6 is 11.8 Å². The average Bonchev–Trinajstić information content (AvgIpc) is 3.05. The van der Waals surface area contributed by atoms with E-state index in [4.69, 9.17) is 0 Å². The van der Waals surface area contributed by atoms with Gasteiger partial charge in [0.15, 0.2) is 5.16 Å². The second-order valence-electron chi connectivity index (χ2n) is 6.97. The molecule has 4 nitrogen and oxygen atoms in total. The van der Waals surface area contributed by atoms with Crippen LogP contribution in [0.4, 0.5) is 0 Å². The van der Waals surface area contributed by atoms with E-state index < -0.39 is 0 Å². The molecule has 1 N–H and O–H groups in total. The molecule has 5 heteroatoms. The molecule has 1 aromatic heterocycles. The summed E-state index contributed by atoms with van der Waals surface area (Å²) < 4.78 is 2.08. The standard InChI is InChI=1S/C20H27N3OS/c1-14-9-10-15(2)18(13-14)23-12-11-21-20(23)25-16(3)19(24)22-17-7-5-4-6-8-17/h9-13,16-17H,4-8H2,1-3H3,(H,22,24). The van der Waals surface area contributed by atoms with E-state index in [2.05, 4.69) is 46.9 Å². The van der Waals surface area contributed by atoms with E-state index in [1.807, 2.05) is 13.1 Å². The predicted octanol–water partition coefficient (Wildman–Crippen LogP) is 4.42. The molecule has 1 heterocycles. The Morgan fingerprint density at radius 1 is 1.28 bits per heavy atom. The molecule has 0 saturated heterocycles. The molecule has 0 bridgehead atoms. The van der Waals surface area contributed by atoms with Crippen LogP contribution in [0.3, 0.4) is 0 Å². The number of hydrogen-bond donors (Lipinski definition) is 1. The first-order valence-electron chi connectivity index (χ1n) is 9.12. The molecule has 1 saturated carbocycles. The smallest absolute Gasteiger partial charge is 0.233 e. The minimum atomic E-state index is -0.159. The van der Waals surface area contributed by atoms with E-state index in [-0.39, 0.29) is 11.2 Å². The van der Waals surface area contributed by atoms with Gasteiger partial charge in [-0.05, 0) is 50.8 Å². The fourth-order valence-electron chi connectivity index (χ4n) is 3.32. The predicted molar refractivity (Wildman–Crippen MR) is 103 cm³/mol. The Balaban J connectivity index is 1.70. The van der Waals surface area contributed by atoms with Crippen LogP contribution in [0.1, 0.15) is 50.2 Å². The number of thioether (sulfide) groups is 1. The Morgan fingerprint density at radius 3 is 2.80 bits per heavy atom. The number of nitrogens with one attached hydrogen (secondary N) is 1. The first-order valence-corrected chi connectivity index (χ1v) is 10.0. The second-order valence-corrected chi connectivity index (χ2v) is 8.28. The first kappa shape index (κ1) is 18.1. The van der Waals surface area contributed by atoms with Crippen molar-refractivity contribution in [3.05, 3.63) is 41.7 Å². The van der Waals surface area contributed by atoms with Gasteiger partial charge in [-0.1, -0.05) is 43.2 Å². The van der Waals surface area contributed by atoms with Crippen LogP contribution in [-0.2, 0) is 4.79 Å². The minimum Gasteiger partial charge on any atom is -0.352 e. The Kier molecular flexibility index (Phi) is 5.84. The molecule has 0 spiro atoms. The third-order valence-corrected chi connectivity index (χ3v) is 5.91. The number of amides is 1. The molecule has 1 unspecified atom stereocenters. The van der Waals surface area contributed by atoms with Crippen molar-refractivity contribution < 1.29 is 4.79 Å². The van der Waals surface area contributed by atoms with Crippen molar-refractivity contribution >= 4 is 17.7 Å². The Labute approximate surface area is 154 Å². The molecule has 3 rings (SSSR count). The molecular formula is C20H27N3OS. The number of carbonyl (C=O) groups excluding carboxylic acids is 1. The lowest BCUT2D eigenvalue weighted by Crippen LogP contribution is -2.40. The minimum absolute atomic E-state index is 0.118. The van der Waals surface area contributed by atoms with Crippen molar-refractivity contribution in [2.75, 3.05) is 0 Å². The number of nitrogens with zero attached hydrogens (tertiary/aromatic N) is 2. The SMILES string of the molecule is Cc1ccc(C)c(-n2ccnc2SC(C)C(=O)NC2CCCCC2)c1. The molecule has 1 aromatic carbocycles. The van der Waals surface area contributed by atoms with Crippen molar-refractivity contribution in [1.82, 2.24) is 14.9 Å². The lowest BCUT2D eigenvalue weighted by atomic mass is 9.95. The summed E-state index contributed by atoms with van der Waals surface area (Å²) in [7, 11) is 0. The van der Waals surface area contributed by atoms with Crippen molar-refractivity contribution in [3.8, 4) is 5.69 Å². The largest absolute Gasteiger partial charge is 0.352 e. The first-order chi connectivity index (χ1) is 12.0. The summed E-state index contributed by atoms with van der Waals surface area (Å²) in [5.74, 6) is 0.118. The van der Waals surface area contributed by atoms with Crippen LogP contribution in [0.25, 0.3) is 5.69 Å². The molecule has 1 aliphatic carbocycles. The average molecular weight is 358 g/mol. The highest BCUT2D eigenvalue weighted by atomic mass is 32.2. The van der Waals surface area contributed by atoms with E-state index in [1.54, 1.807) is 6.20 Å². The summed E-state index contributed by atoms with van der Waals surface area (Å²) >= 11 is 1.52. The fraction of sp³-hybridized carbons (Fsp3) is 0.500. The zero-order valence-corrected chi connectivity index (χ0v) is 16.1. The van der Waals surface area contributed by atoms with E-state index in [0.717, 1.165) is 23.7 Å². The fourth-order valence-corrected chi connectivity index (χ4v) is 4.20. The van der Waals surface area contributed by atoms with E-state index in [1.165, 1.54) is 42.2 Å². The Hall–Kier alpha value is -1.75. The van der Waals surface area contributed by atoms with Gasteiger partial charge in [0.1, 0.15) is 0 Å². The zero-order chi connectivity index (χ0) is 17.8. The number of hydrogen-bond acceptors (Lipinski definition) is 3. The normalized spacial score (nSPS) is 16.6. The molecule has 1 aliphatic rings. The van der Waals surface area contributed by atoms with E-state index in [0.29, 0.717) is 6.04 Å². The molecule has 2 aromatic rings. The summed E-state index contributed by atoms with van der Waals surface area (Å²) in [4.78, 5) is 17.0. The Bertz CT molecular complexity index is 734. The van der Waals surface area contributed by atoms with Gasteiger partial charge in [-0.25, -0.2) is 4.98 Å². The Morgan fingerprint density at radius 2 is 2.04 bits per heavy atom. The van der Waals surface area contributed by atoms with Gasteiger partial charge in [0.25, 0.3) is 0 Å². The molecule has 0 aliphatic heterocycles. The van der Waals surface area contributed by atoms with Crippen molar-refractivity contribution in [2.24, 2.45) is 0 Å². The number of benzene rings is 1. The highest BCUT2D eigenvalue weighted by Crippen LogP contribution is 2.27. The van der Waals surface area contributed by atoms with Gasteiger partial charge in [-0.3, -0.25) is 9.36 Å². The molecule has 25 heavy (non-hydrogen) atoms. The van der Waals surface area contributed by atoms with Crippen molar-refractivity contribution in [3.63, 3.8) is 0 Å². The van der Waals surface area contributed by atoms with Crippen LogP contribution < -0.4 is 5.32 Å². The monoisotopic (exact) mass is 357 g/mol. The maximum absolute atomic E-state index is 12.5. The van der Waals surface area contributed by atoms with Gasteiger partial charge in [-0.2, -0.15) is 0 Å². The lowest BCUT2D eigenvalue weighted by Gasteiger charge is -2.24. The number of aryl methyl sites for hydroxylation is 2. The molecule has 0 radical (unpaired) electrons. The van der Waals surface area contributed by atoms with Gasteiger partial charge in [0.2, 0.25) is 5.91 Å².